The lowest BCUT2D eigenvalue weighted by molar-refractivity contribution is 0.475. The molecule has 0 saturated carbocycles. The van der Waals surface area contributed by atoms with Gasteiger partial charge < -0.3 is 10.4 Å². The van der Waals surface area contributed by atoms with Crippen molar-refractivity contribution in [3.8, 4) is 5.75 Å². The molecule has 0 amide bonds. The Labute approximate surface area is 114 Å². The lowest BCUT2D eigenvalue weighted by atomic mass is 10.2. The van der Waals surface area contributed by atoms with Gasteiger partial charge in [0.15, 0.2) is 9.84 Å². The smallest absolute Gasteiger partial charge is 0.153 e. The summed E-state index contributed by atoms with van der Waals surface area (Å²) in [5, 5.41) is 12.2. The van der Waals surface area contributed by atoms with Crippen LogP contribution in [0, 0.1) is 0 Å². The van der Waals surface area contributed by atoms with Crippen molar-refractivity contribution in [2.45, 2.75) is 30.9 Å². The zero-order valence-electron chi connectivity index (χ0n) is 11.0. The third-order valence-corrected chi connectivity index (χ3v) is 5.90. The molecule has 1 aliphatic heterocycles. The Balaban J connectivity index is 1.94. The van der Waals surface area contributed by atoms with Crippen LogP contribution < -0.4 is 5.32 Å². The number of phenolic OH excluding ortho intramolecular Hbond substituents is 1. The summed E-state index contributed by atoms with van der Waals surface area (Å²) in [6.45, 7) is 1.72. The van der Waals surface area contributed by atoms with E-state index in [2.05, 4.69) is 5.32 Å². The highest BCUT2D eigenvalue weighted by Gasteiger charge is 2.25. The SMILES string of the molecule is O=S(=O)(CCc1ccc(O)cc1)C1CCCNCC1. The van der Waals surface area contributed by atoms with Crippen LogP contribution in [-0.2, 0) is 16.3 Å². The van der Waals surface area contributed by atoms with Gasteiger partial charge in [-0.2, -0.15) is 0 Å². The molecule has 1 fully saturated rings. The first-order valence-electron chi connectivity index (χ1n) is 6.78. The van der Waals surface area contributed by atoms with Crippen molar-refractivity contribution in [1.29, 1.82) is 0 Å². The number of aromatic hydroxyl groups is 1. The summed E-state index contributed by atoms with van der Waals surface area (Å²) in [5.41, 5.74) is 0.952. The van der Waals surface area contributed by atoms with E-state index in [0.717, 1.165) is 37.9 Å². The van der Waals surface area contributed by atoms with Crippen LogP contribution in [0.2, 0.25) is 0 Å². The minimum atomic E-state index is -3.02. The Morgan fingerprint density at radius 3 is 2.63 bits per heavy atom. The zero-order chi connectivity index (χ0) is 13.7. The van der Waals surface area contributed by atoms with Gasteiger partial charge in [0.1, 0.15) is 5.75 Å². The Morgan fingerprint density at radius 1 is 1.16 bits per heavy atom. The molecule has 5 heteroatoms. The number of sulfone groups is 1. The fourth-order valence-corrected chi connectivity index (χ4v) is 4.29. The number of phenols is 1. The largest absolute Gasteiger partial charge is 0.508 e. The van der Waals surface area contributed by atoms with Gasteiger partial charge in [0, 0.05) is 0 Å². The van der Waals surface area contributed by atoms with Crippen molar-refractivity contribution in [3.05, 3.63) is 29.8 Å². The van der Waals surface area contributed by atoms with Gasteiger partial charge in [-0.1, -0.05) is 12.1 Å². The Hall–Kier alpha value is -1.07. The third kappa shape index (κ3) is 4.21. The quantitative estimate of drug-likeness (QED) is 0.878. The second-order valence-corrected chi connectivity index (χ2v) is 7.49. The average molecular weight is 283 g/mol. The van der Waals surface area contributed by atoms with Crippen LogP contribution in [-0.4, -0.2) is 37.6 Å². The van der Waals surface area contributed by atoms with E-state index < -0.39 is 9.84 Å². The molecule has 1 unspecified atom stereocenters. The number of benzene rings is 1. The van der Waals surface area contributed by atoms with E-state index in [1.54, 1.807) is 24.3 Å². The molecule has 0 spiro atoms. The Kier molecular flexibility index (Phi) is 4.82. The van der Waals surface area contributed by atoms with E-state index in [0.29, 0.717) is 6.42 Å². The third-order valence-electron chi connectivity index (χ3n) is 3.64. The molecule has 0 aliphatic carbocycles. The van der Waals surface area contributed by atoms with E-state index in [9.17, 15) is 13.5 Å². The highest BCUT2D eigenvalue weighted by molar-refractivity contribution is 7.92. The highest BCUT2D eigenvalue weighted by atomic mass is 32.2. The normalized spacial score (nSPS) is 20.9. The van der Waals surface area contributed by atoms with Gasteiger partial charge in [0.2, 0.25) is 0 Å². The van der Waals surface area contributed by atoms with E-state index in [1.165, 1.54) is 0 Å². The summed E-state index contributed by atoms with van der Waals surface area (Å²) < 4.78 is 24.6. The standard InChI is InChI=1S/C14H21NO3S/c16-13-5-3-12(4-6-13)8-11-19(17,18)14-2-1-9-15-10-7-14/h3-6,14-16H,1-2,7-11H2. The molecule has 2 rings (SSSR count). The maximum Gasteiger partial charge on any atom is 0.153 e. The summed E-state index contributed by atoms with van der Waals surface area (Å²) in [4.78, 5) is 0. The molecule has 19 heavy (non-hydrogen) atoms. The van der Waals surface area contributed by atoms with Crippen LogP contribution in [0.1, 0.15) is 24.8 Å². The maximum atomic E-state index is 12.3. The molecule has 106 valence electrons. The summed E-state index contributed by atoms with van der Waals surface area (Å²) >= 11 is 0. The van der Waals surface area contributed by atoms with Crippen molar-refractivity contribution in [2.24, 2.45) is 0 Å². The Morgan fingerprint density at radius 2 is 1.89 bits per heavy atom. The molecule has 0 radical (unpaired) electrons. The number of nitrogens with one attached hydrogen (secondary N) is 1. The first kappa shape index (κ1) is 14.3. The zero-order valence-corrected chi connectivity index (χ0v) is 11.8. The minimum absolute atomic E-state index is 0.195. The van der Waals surface area contributed by atoms with Crippen LogP contribution in [0.4, 0.5) is 0 Å². The molecule has 0 bridgehead atoms. The lowest BCUT2D eigenvalue weighted by Gasteiger charge is -2.14. The Bertz CT molecular complexity index is 488. The molecule has 1 heterocycles. The number of hydrogen-bond donors (Lipinski definition) is 2. The van der Waals surface area contributed by atoms with Crippen molar-refractivity contribution in [2.75, 3.05) is 18.8 Å². The van der Waals surface area contributed by atoms with Gasteiger partial charge in [-0.3, -0.25) is 0 Å². The molecule has 1 aromatic rings. The summed E-state index contributed by atoms with van der Waals surface area (Å²) in [7, 11) is -3.02. The first-order chi connectivity index (χ1) is 9.08. The molecule has 0 aromatic heterocycles. The van der Waals surface area contributed by atoms with Crippen molar-refractivity contribution in [3.63, 3.8) is 0 Å². The first-order valence-corrected chi connectivity index (χ1v) is 8.50. The van der Waals surface area contributed by atoms with E-state index in [-0.39, 0.29) is 16.8 Å². The van der Waals surface area contributed by atoms with Gasteiger partial charge in [-0.05, 0) is 56.5 Å². The second kappa shape index (κ2) is 6.39. The molecule has 2 N–H and O–H groups in total. The predicted octanol–water partition coefficient (Wildman–Crippen LogP) is 1.49. The van der Waals surface area contributed by atoms with Crippen LogP contribution >= 0.6 is 0 Å². The van der Waals surface area contributed by atoms with E-state index in [4.69, 9.17) is 0 Å². The summed E-state index contributed by atoms with van der Waals surface area (Å²) in [6.07, 6.45) is 2.94. The molecule has 1 aliphatic rings. The van der Waals surface area contributed by atoms with Crippen LogP contribution in [0.15, 0.2) is 24.3 Å². The minimum Gasteiger partial charge on any atom is -0.508 e. The topological polar surface area (TPSA) is 66.4 Å². The van der Waals surface area contributed by atoms with Crippen molar-refractivity contribution >= 4 is 9.84 Å². The number of aryl methyl sites for hydroxylation is 1. The van der Waals surface area contributed by atoms with Crippen LogP contribution in [0.3, 0.4) is 0 Å². The van der Waals surface area contributed by atoms with Gasteiger partial charge >= 0.3 is 0 Å². The highest BCUT2D eigenvalue weighted by Crippen LogP contribution is 2.17. The molecule has 1 aromatic carbocycles. The summed E-state index contributed by atoms with van der Waals surface area (Å²) in [6, 6.07) is 6.74. The van der Waals surface area contributed by atoms with E-state index in [1.807, 2.05) is 0 Å². The lowest BCUT2D eigenvalue weighted by Crippen LogP contribution is -2.26. The van der Waals surface area contributed by atoms with Crippen LogP contribution in [0.25, 0.3) is 0 Å². The van der Waals surface area contributed by atoms with Gasteiger partial charge in [0.05, 0.1) is 11.0 Å². The van der Waals surface area contributed by atoms with Gasteiger partial charge in [-0.15, -0.1) is 0 Å². The number of hydrogen-bond acceptors (Lipinski definition) is 4. The second-order valence-electron chi connectivity index (χ2n) is 5.09. The van der Waals surface area contributed by atoms with Crippen LogP contribution in [0.5, 0.6) is 5.75 Å². The average Bonchev–Trinajstić information content (AvgIpc) is 2.67. The summed E-state index contributed by atoms with van der Waals surface area (Å²) in [5.74, 6) is 0.407. The molecule has 1 saturated heterocycles. The van der Waals surface area contributed by atoms with Crippen molar-refractivity contribution in [1.82, 2.24) is 5.32 Å². The maximum absolute atomic E-state index is 12.3. The molecule has 1 atom stereocenters. The van der Waals surface area contributed by atoms with Gasteiger partial charge in [0.25, 0.3) is 0 Å². The fourth-order valence-electron chi connectivity index (χ4n) is 2.44. The van der Waals surface area contributed by atoms with E-state index >= 15 is 0 Å². The fraction of sp³-hybridized carbons (Fsp3) is 0.571. The predicted molar refractivity (Wildman–Crippen MR) is 76.1 cm³/mol. The molecular weight excluding hydrogens is 262 g/mol. The number of rotatable bonds is 4. The van der Waals surface area contributed by atoms with Crippen molar-refractivity contribution < 1.29 is 13.5 Å². The monoisotopic (exact) mass is 283 g/mol. The molecule has 4 nitrogen and oxygen atoms in total. The molecular formula is C14H21NO3S. The van der Waals surface area contributed by atoms with Gasteiger partial charge in [-0.25, -0.2) is 8.42 Å².